The molecule has 1 aliphatic carbocycles. The summed E-state index contributed by atoms with van der Waals surface area (Å²) in [5.74, 6) is 0.370. The van der Waals surface area contributed by atoms with Crippen LogP contribution in [0.15, 0.2) is 24.4 Å². The highest BCUT2D eigenvalue weighted by atomic mass is 16.5. The molecule has 1 atom stereocenters. The standard InChI is InChI=1S/C16H21NO2/c1-3-19-16(18)11-13-4-6-14(7-5-13)15-8-9-17-12(2)10-15/h6,8-10,13H,3-5,7,11H2,1-2H3. The molecule has 102 valence electrons. The van der Waals surface area contributed by atoms with Gasteiger partial charge in [-0.15, -0.1) is 0 Å². The van der Waals surface area contributed by atoms with Gasteiger partial charge in [-0.2, -0.15) is 0 Å². The van der Waals surface area contributed by atoms with Crippen molar-refractivity contribution in [3.05, 3.63) is 35.7 Å². The fraction of sp³-hybridized carbons (Fsp3) is 0.500. The van der Waals surface area contributed by atoms with Gasteiger partial charge < -0.3 is 4.74 Å². The van der Waals surface area contributed by atoms with Crippen molar-refractivity contribution in [1.82, 2.24) is 4.98 Å². The molecule has 0 radical (unpaired) electrons. The number of esters is 1. The third kappa shape index (κ3) is 3.91. The first-order valence-electron chi connectivity index (χ1n) is 6.96. The molecule has 19 heavy (non-hydrogen) atoms. The Hall–Kier alpha value is -1.64. The highest BCUT2D eigenvalue weighted by Gasteiger charge is 2.19. The van der Waals surface area contributed by atoms with Crippen LogP contribution in [0.3, 0.4) is 0 Å². The van der Waals surface area contributed by atoms with E-state index in [1.807, 2.05) is 20.0 Å². The maximum atomic E-state index is 11.5. The molecule has 0 aliphatic heterocycles. The Morgan fingerprint density at radius 1 is 1.53 bits per heavy atom. The SMILES string of the molecule is CCOC(=O)CC1CC=C(c2ccnc(C)c2)CC1. The molecule has 1 aromatic heterocycles. The second-order valence-electron chi connectivity index (χ2n) is 5.06. The van der Waals surface area contributed by atoms with Crippen LogP contribution in [0.4, 0.5) is 0 Å². The number of aryl methyl sites for hydroxylation is 1. The minimum Gasteiger partial charge on any atom is -0.466 e. The first-order valence-corrected chi connectivity index (χ1v) is 6.96. The van der Waals surface area contributed by atoms with Crippen LogP contribution in [0.2, 0.25) is 0 Å². The summed E-state index contributed by atoms with van der Waals surface area (Å²) in [6.45, 7) is 4.34. The molecule has 0 spiro atoms. The van der Waals surface area contributed by atoms with Crippen molar-refractivity contribution < 1.29 is 9.53 Å². The second kappa shape index (κ2) is 6.50. The van der Waals surface area contributed by atoms with Gasteiger partial charge in [0.15, 0.2) is 0 Å². The van der Waals surface area contributed by atoms with E-state index < -0.39 is 0 Å². The zero-order valence-corrected chi connectivity index (χ0v) is 11.7. The van der Waals surface area contributed by atoms with Crippen LogP contribution in [0.1, 0.15) is 43.9 Å². The minimum atomic E-state index is -0.0656. The lowest BCUT2D eigenvalue weighted by atomic mass is 9.85. The third-order valence-electron chi connectivity index (χ3n) is 3.55. The first-order chi connectivity index (χ1) is 9.19. The fourth-order valence-electron chi connectivity index (χ4n) is 2.54. The van der Waals surface area contributed by atoms with Gasteiger partial charge in [0.25, 0.3) is 0 Å². The van der Waals surface area contributed by atoms with E-state index in [-0.39, 0.29) is 5.97 Å². The number of hydrogen-bond acceptors (Lipinski definition) is 3. The summed E-state index contributed by atoms with van der Waals surface area (Å²) in [7, 11) is 0. The molecule has 3 heteroatoms. The topological polar surface area (TPSA) is 39.2 Å². The van der Waals surface area contributed by atoms with Gasteiger partial charge in [0.05, 0.1) is 6.61 Å². The lowest BCUT2D eigenvalue weighted by molar-refractivity contribution is -0.144. The van der Waals surface area contributed by atoms with E-state index in [0.29, 0.717) is 18.9 Å². The molecule has 0 N–H and O–H groups in total. The van der Waals surface area contributed by atoms with E-state index >= 15 is 0 Å². The Balaban J connectivity index is 1.94. The van der Waals surface area contributed by atoms with Crippen molar-refractivity contribution in [2.24, 2.45) is 5.92 Å². The van der Waals surface area contributed by atoms with Crippen LogP contribution in [-0.4, -0.2) is 17.6 Å². The second-order valence-corrected chi connectivity index (χ2v) is 5.06. The Morgan fingerprint density at radius 2 is 2.37 bits per heavy atom. The van der Waals surface area contributed by atoms with Gasteiger partial charge in [-0.3, -0.25) is 9.78 Å². The number of pyridine rings is 1. The molecule has 1 unspecified atom stereocenters. The van der Waals surface area contributed by atoms with Crippen LogP contribution in [0.5, 0.6) is 0 Å². The molecule has 0 saturated carbocycles. The van der Waals surface area contributed by atoms with E-state index in [0.717, 1.165) is 25.0 Å². The van der Waals surface area contributed by atoms with Gasteiger partial charge in [0.1, 0.15) is 0 Å². The van der Waals surface area contributed by atoms with Crippen molar-refractivity contribution in [3.63, 3.8) is 0 Å². The average Bonchev–Trinajstić information content (AvgIpc) is 2.40. The van der Waals surface area contributed by atoms with Crippen LogP contribution in [-0.2, 0) is 9.53 Å². The van der Waals surface area contributed by atoms with Crippen molar-refractivity contribution in [2.45, 2.75) is 39.5 Å². The monoisotopic (exact) mass is 259 g/mol. The fourth-order valence-corrected chi connectivity index (χ4v) is 2.54. The smallest absolute Gasteiger partial charge is 0.306 e. The van der Waals surface area contributed by atoms with E-state index in [1.165, 1.54) is 11.1 Å². The van der Waals surface area contributed by atoms with Gasteiger partial charge in [-0.1, -0.05) is 6.08 Å². The molecule has 1 heterocycles. The summed E-state index contributed by atoms with van der Waals surface area (Å²) in [6, 6.07) is 4.18. The molecule has 0 saturated heterocycles. The van der Waals surface area contributed by atoms with Crippen LogP contribution >= 0.6 is 0 Å². The zero-order valence-electron chi connectivity index (χ0n) is 11.7. The van der Waals surface area contributed by atoms with Crippen LogP contribution in [0.25, 0.3) is 5.57 Å². The molecular formula is C16H21NO2. The van der Waals surface area contributed by atoms with Gasteiger partial charge in [-0.25, -0.2) is 0 Å². The maximum Gasteiger partial charge on any atom is 0.306 e. The Morgan fingerprint density at radius 3 is 3.00 bits per heavy atom. The van der Waals surface area contributed by atoms with Gasteiger partial charge >= 0.3 is 5.97 Å². The van der Waals surface area contributed by atoms with Gasteiger partial charge in [0.2, 0.25) is 0 Å². The molecule has 3 nitrogen and oxygen atoms in total. The number of nitrogens with zero attached hydrogens (tertiary/aromatic N) is 1. The van der Waals surface area contributed by atoms with Crippen molar-refractivity contribution >= 4 is 11.5 Å². The summed E-state index contributed by atoms with van der Waals surface area (Å²) in [5, 5.41) is 0. The zero-order chi connectivity index (χ0) is 13.7. The number of rotatable bonds is 4. The summed E-state index contributed by atoms with van der Waals surface area (Å²) in [5.41, 5.74) is 3.69. The van der Waals surface area contributed by atoms with Crippen molar-refractivity contribution in [3.8, 4) is 0 Å². The quantitative estimate of drug-likeness (QED) is 0.776. The average molecular weight is 259 g/mol. The predicted octanol–water partition coefficient (Wildman–Crippen LogP) is 3.53. The van der Waals surface area contributed by atoms with Crippen molar-refractivity contribution in [1.29, 1.82) is 0 Å². The molecule has 1 aliphatic rings. The summed E-state index contributed by atoms with van der Waals surface area (Å²) >= 11 is 0. The largest absolute Gasteiger partial charge is 0.466 e. The minimum absolute atomic E-state index is 0.0656. The molecule has 0 amide bonds. The lowest BCUT2D eigenvalue weighted by Gasteiger charge is -2.21. The first kappa shape index (κ1) is 13.8. The normalized spacial score (nSPS) is 18.8. The number of ether oxygens (including phenoxy) is 1. The summed E-state index contributed by atoms with van der Waals surface area (Å²) in [6.07, 6.45) is 7.74. The molecule has 0 aromatic carbocycles. The van der Waals surface area contributed by atoms with Crippen LogP contribution in [0, 0.1) is 12.8 Å². The number of carbonyl (C=O) groups is 1. The highest BCUT2D eigenvalue weighted by Crippen LogP contribution is 2.31. The van der Waals surface area contributed by atoms with E-state index in [2.05, 4.69) is 23.2 Å². The Kier molecular flexibility index (Phi) is 4.72. The van der Waals surface area contributed by atoms with E-state index in [9.17, 15) is 4.79 Å². The molecule has 0 fully saturated rings. The Labute approximate surface area is 114 Å². The number of hydrogen-bond donors (Lipinski definition) is 0. The Bertz CT molecular complexity index is 479. The van der Waals surface area contributed by atoms with E-state index in [4.69, 9.17) is 4.74 Å². The lowest BCUT2D eigenvalue weighted by Crippen LogP contribution is -2.13. The molecule has 2 rings (SSSR count). The number of allylic oxidation sites excluding steroid dienone is 2. The molecule has 1 aromatic rings. The van der Waals surface area contributed by atoms with Crippen LogP contribution < -0.4 is 0 Å². The number of carbonyl (C=O) groups excluding carboxylic acids is 1. The predicted molar refractivity (Wildman–Crippen MR) is 75.5 cm³/mol. The van der Waals surface area contributed by atoms with Gasteiger partial charge in [0, 0.05) is 18.3 Å². The molecular weight excluding hydrogens is 238 g/mol. The summed E-state index contributed by atoms with van der Waals surface area (Å²) < 4.78 is 5.00. The van der Waals surface area contributed by atoms with E-state index in [1.54, 1.807) is 0 Å². The number of aromatic nitrogens is 1. The highest BCUT2D eigenvalue weighted by molar-refractivity contribution is 5.70. The molecule has 0 bridgehead atoms. The van der Waals surface area contributed by atoms with Gasteiger partial charge in [-0.05, 0) is 62.3 Å². The summed E-state index contributed by atoms with van der Waals surface area (Å²) in [4.78, 5) is 15.7. The third-order valence-corrected chi connectivity index (χ3v) is 3.55. The maximum absolute atomic E-state index is 11.5. The van der Waals surface area contributed by atoms with Crippen molar-refractivity contribution in [2.75, 3.05) is 6.61 Å².